The quantitative estimate of drug-likeness (QED) is 0.208. The molecule has 0 radical (unpaired) electrons. The smallest absolute Gasteiger partial charge is 0.310 e. The van der Waals surface area contributed by atoms with Crippen molar-refractivity contribution in [2.24, 2.45) is 45.5 Å². The fourth-order valence-corrected chi connectivity index (χ4v) is 10.4. The zero-order valence-corrected chi connectivity index (χ0v) is 38.7. The molecule has 8 nitrogen and oxygen atoms in total. The summed E-state index contributed by atoms with van der Waals surface area (Å²) < 4.78 is 12.4. The average Bonchev–Trinajstić information content (AvgIpc) is 3.77. The third-order valence-electron chi connectivity index (χ3n) is 14.4. The van der Waals surface area contributed by atoms with Crippen LogP contribution in [0.4, 0.5) is 0 Å². The van der Waals surface area contributed by atoms with Gasteiger partial charge in [-0.15, -0.1) is 0 Å². The second kappa shape index (κ2) is 18.2. The lowest BCUT2D eigenvalue weighted by Crippen LogP contribution is -2.36. The van der Waals surface area contributed by atoms with Crippen LogP contribution in [-0.4, -0.2) is 45.5 Å². The Hall–Kier alpha value is -4.20. The Morgan fingerprint density at radius 1 is 0.627 bits per heavy atom. The van der Waals surface area contributed by atoms with Crippen molar-refractivity contribution in [3.8, 4) is 0 Å². The van der Waals surface area contributed by atoms with Gasteiger partial charge in [0.2, 0.25) is 0 Å². The first kappa shape index (κ1) is 44.4. The highest BCUT2D eigenvalue weighted by molar-refractivity contribution is 6.09. The summed E-state index contributed by atoms with van der Waals surface area (Å²) in [7, 11) is 0. The highest BCUT2D eigenvalue weighted by atomic mass is 16.5. The molecule has 2 N–H and O–H groups in total. The molecule has 0 bridgehead atoms. The van der Waals surface area contributed by atoms with Crippen molar-refractivity contribution in [2.75, 3.05) is 0 Å². The molecule has 2 aliphatic heterocycles. The molecule has 0 unspecified atom stereocenters. The topological polar surface area (TPSA) is 109 Å². The first-order chi connectivity index (χ1) is 27.8. The van der Waals surface area contributed by atoms with Crippen LogP contribution in [0, 0.1) is 63.2 Å². The van der Waals surface area contributed by atoms with Crippen molar-refractivity contribution in [1.29, 1.82) is 0 Å². The summed E-state index contributed by atoms with van der Waals surface area (Å²) in [6.45, 7) is 30.3. The molecule has 0 aromatic carbocycles. The van der Waals surface area contributed by atoms with E-state index in [4.69, 9.17) is 19.5 Å². The third-order valence-corrected chi connectivity index (χ3v) is 14.4. The van der Waals surface area contributed by atoms with Gasteiger partial charge in [-0.3, -0.25) is 19.6 Å². The number of aromatic nitrogens is 2. The van der Waals surface area contributed by atoms with Gasteiger partial charge >= 0.3 is 11.9 Å². The van der Waals surface area contributed by atoms with Gasteiger partial charge in [0.25, 0.3) is 0 Å². The van der Waals surface area contributed by atoms with Crippen LogP contribution in [0.25, 0.3) is 12.2 Å². The molecule has 2 fully saturated rings. The van der Waals surface area contributed by atoms with Crippen LogP contribution in [0.3, 0.4) is 0 Å². The third kappa shape index (κ3) is 9.73. The van der Waals surface area contributed by atoms with E-state index in [1.165, 1.54) is 24.0 Å². The minimum absolute atomic E-state index is 0.00162. The monoisotopic (exact) mass is 805 g/mol. The molecule has 0 amide bonds. The second-order valence-corrected chi connectivity index (χ2v) is 19.4. The van der Waals surface area contributed by atoms with Crippen molar-refractivity contribution in [1.82, 2.24) is 9.97 Å². The van der Waals surface area contributed by atoms with E-state index < -0.39 is 0 Å². The molecule has 4 aliphatic rings. The summed E-state index contributed by atoms with van der Waals surface area (Å²) in [6.07, 6.45) is 12.1. The van der Waals surface area contributed by atoms with Gasteiger partial charge in [-0.05, 0) is 173 Å². The Kier molecular flexibility index (Phi) is 13.7. The Labute approximate surface area is 354 Å². The zero-order chi connectivity index (χ0) is 43.0. The maximum absolute atomic E-state index is 13.3. The molecule has 2 aliphatic carbocycles. The molecule has 6 rings (SSSR count). The van der Waals surface area contributed by atoms with Crippen LogP contribution in [0.15, 0.2) is 43.7 Å². The molecular formula is C51H72N4O4. The number of hydrogen-bond acceptors (Lipinski definition) is 6. The lowest BCUT2D eigenvalue weighted by molar-refractivity contribution is -0.156. The Balaban J connectivity index is 1.15. The predicted molar refractivity (Wildman–Crippen MR) is 243 cm³/mol. The highest BCUT2D eigenvalue weighted by Gasteiger charge is 2.35. The van der Waals surface area contributed by atoms with Gasteiger partial charge in [-0.2, -0.15) is 0 Å². The van der Waals surface area contributed by atoms with Gasteiger partial charge in [0.15, 0.2) is 0 Å². The number of rotatable bonds is 12. The van der Waals surface area contributed by atoms with E-state index in [-0.39, 0.29) is 37.0 Å². The predicted octanol–water partition coefficient (Wildman–Crippen LogP) is 12.0. The van der Waals surface area contributed by atoms with Crippen LogP contribution in [0.5, 0.6) is 0 Å². The van der Waals surface area contributed by atoms with Crippen LogP contribution in [-0.2, 0) is 31.9 Å². The van der Waals surface area contributed by atoms with E-state index in [1.807, 2.05) is 13.8 Å². The first-order valence-corrected chi connectivity index (χ1v) is 22.5. The Morgan fingerprint density at radius 3 is 1.36 bits per heavy atom. The fourth-order valence-electron chi connectivity index (χ4n) is 10.4. The van der Waals surface area contributed by atoms with E-state index in [1.54, 1.807) is 0 Å². The highest BCUT2D eigenvalue weighted by Crippen LogP contribution is 2.39. The van der Waals surface area contributed by atoms with Gasteiger partial charge in [-0.25, -0.2) is 0 Å². The maximum Gasteiger partial charge on any atom is 0.310 e. The molecule has 8 heteroatoms. The van der Waals surface area contributed by atoms with Crippen LogP contribution < -0.4 is 0 Å². The number of carbonyl (C=O) groups excluding carboxylic acids is 2. The lowest BCUT2D eigenvalue weighted by atomic mass is 9.75. The molecule has 2 saturated carbocycles. The molecule has 59 heavy (non-hydrogen) atoms. The lowest BCUT2D eigenvalue weighted by Gasteiger charge is -2.36. The average molecular weight is 805 g/mol. The van der Waals surface area contributed by atoms with E-state index in [9.17, 15) is 9.59 Å². The van der Waals surface area contributed by atoms with Crippen molar-refractivity contribution in [3.05, 3.63) is 78.7 Å². The number of allylic oxidation sites excluding steroid dienone is 4. The number of nitrogens with zero attached hydrogens (tertiary/aromatic N) is 2. The molecule has 2 aromatic rings. The summed E-state index contributed by atoms with van der Waals surface area (Å²) in [5.41, 5.74) is 16.8. The number of aryl methyl sites for hydroxylation is 2. The number of ether oxygens (including phenoxy) is 2. The van der Waals surface area contributed by atoms with Gasteiger partial charge < -0.3 is 19.4 Å². The minimum atomic E-state index is -0.135. The van der Waals surface area contributed by atoms with Gasteiger partial charge in [0, 0.05) is 40.6 Å². The number of H-pyrrole nitrogens is 2. The van der Waals surface area contributed by atoms with Crippen LogP contribution >= 0.6 is 0 Å². The van der Waals surface area contributed by atoms with Crippen molar-refractivity contribution in [2.45, 2.75) is 167 Å². The number of esters is 2. The van der Waals surface area contributed by atoms with Crippen LogP contribution in [0.1, 0.15) is 159 Å². The molecule has 6 atom stereocenters. The molecule has 0 spiro atoms. The molecule has 320 valence electrons. The summed E-state index contributed by atoms with van der Waals surface area (Å²) in [5.74, 6) is 2.75. The van der Waals surface area contributed by atoms with Crippen molar-refractivity contribution < 1.29 is 19.1 Å². The Morgan fingerprint density at radius 2 is 1.00 bits per heavy atom. The summed E-state index contributed by atoms with van der Waals surface area (Å²) in [6, 6.07) is 0. The van der Waals surface area contributed by atoms with Crippen molar-refractivity contribution in [3.63, 3.8) is 0 Å². The van der Waals surface area contributed by atoms with E-state index >= 15 is 0 Å². The summed E-state index contributed by atoms with van der Waals surface area (Å²) in [5, 5.41) is 0. The zero-order valence-electron chi connectivity index (χ0n) is 38.7. The molecule has 2 aromatic heterocycles. The van der Waals surface area contributed by atoms with E-state index in [0.29, 0.717) is 35.5 Å². The molecule has 4 heterocycles. The van der Waals surface area contributed by atoms with Crippen molar-refractivity contribution >= 4 is 35.5 Å². The normalized spacial score (nSPS) is 26.5. The van der Waals surface area contributed by atoms with Crippen LogP contribution in [0.2, 0.25) is 0 Å². The number of aromatic amines is 2. The standard InChI is InChI=1S/C51H72N4O4/c1-26(2)38-17-15-28(5)19-48(38)58-50(56)22-42-32(9)46(54-36(42)13)24-44-30(7)40(34(11)52-44)21-41-31(8)45(53-35(41)12)25-47-33(10)43(37(14)55-47)23-51(57)59-49-20-29(6)16-18-39(49)27(3)4/h24-29,38-39,48-49,54-55H,15-23H2,1-14H3/b44-24-,45-25?/t28-,29-,38+,39+,48-,49-/m1/s1. The second-order valence-electron chi connectivity index (χ2n) is 19.4. The van der Waals surface area contributed by atoms with Gasteiger partial charge in [-0.1, -0.05) is 54.4 Å². The number of carbonyl (C=O) groups is 2. The largest absolute Gasteiger partial charge is 0.462 e. The minimum Gasteiger partial charge on any atom is -0.462 e. The molecule has 0 saturated heterocycles. The molecular weight excluding hydrogens is 733 g/mol. The van der Waals surface area contributed by atoms with E-state index in [0.717, 1.165) is 111 Å². The maximum atomic E-state index is 13.3. The van der Waals surface area contributed by atoms with E-state index in [2.05, 4.69) is 105 Å². The summed E-state index contributed by atoms with van der Waals surface area (Å²) >= 11 is 0. The number of nitrogens with one attached hydrogen (secondary N) is 2. The first-order valence-electron chi connectivity index (χ1n) is 22.5. The number of aliphatic imine (C=N–C) groups is 2. The SMILES string of the molecule is CC1=NC(=Cc2[nH]c(C)c(CC(=O)O[C@@H]3C[C@H](C)CC[C@H]3C(C)C)c2C)C(C)=C1CC1=C(C)/C(=C/c2[nH]c(C)c(CC(=O)O[C@@H]3C[C@H](C)CC[C@H]3C(C)C)c2C)N=C1C. The number of hydrogen-bond donors (Lipinski definition) is 2. The Bertz CT molecular complexity index is 1990. The fraction of sp³-hybridized carbons (Fsp3) is 0.608. The summed E-state index contributed by atoms with van der Waals surface area (Å²) in [4.78, 5) is 43.9. The van der Waals surface area contributed by atoms with Gasteiger partial charge in [0.05, 0.1) is 24.2 Å². The van der Waals surface area contributed by atoms with Gasteiger partial charge in [0.1, 0.15) is 12.2 Å².